The van der Waals surface area contributed by atoms with E-state index in [9.17, 15) is 4.79 Å². The van der Waals surface area contributed by atoms with Crippen molar-refractivity contribution in [1.82, 2.24) is 10.1 Å². The molecule has 0 fully saturated rings. The molecule has 2 aromatic heterocycles. The Morgan fingerprint density at radius 1 is 1.55 bits per heavy atom. The number of thiophene rings is 1. The summed E-state index contributed by atoms with van der Waals surface area (Å²) in [5.41, 5.74) is 0.861. The lowest BCUT2D eigenvalue weighted by Crippen LogP contribution is -2.22. The summed E-state index contributed by atoms with van der Waals surface area (Å²) in [5.74, 6) is 0.618. The van der Waals surface area contributed by atoms with Gasteiger partial charge in [0, 0.05) is 19.2 Å². The Labute approximate surface area is 122 Å². The maximum absolute atomic E-state index is 11.3. The number of carbonyl (C=O) groups excluding carboxylic acids is 1. The van der Waals surface area contributed by atoms with Gasteiger partial charge in [0.05, 0.1) is 23.6 Å². The third-order valence-electron chi connectivity index (χ3n) is 2.76. The normalized spacial score (nSPS) is 10.9. The number of hydrogen-bond donors (Lipinski definition) is 0. The summed E-state index contributed by atoms with van der Waals surface area (Å²) in [5, 5.41) is 6.05. The number of aromatic nitrogens is 1. The van der Waals surface area contributed by atoms with Crippen LogP contribution >= 0.6 is 11.3 Å². The van der Waals surface area contributed by atoms with E-state index in [4.69, 9.17) is 9.26 Å². The molecule has 0 atom stereocenters. The molecule has 6 heteroatoms. The van der Waals surface area contributed by atoms with Gasteiger partial charge in [-0.15, -0.1) is 11.3 Å². The zero-order valence-electron chi connectivity index (χ0n) is 11.7. The average Bonchev–Trinajstić information content (AvgIpc) is 3.07. The van der Waals surface area contributed by atoms with E-state index in [1.165, 1.54) is 0 Å². The van der Waals surface area contributed by atoms with Crippen LogP contribution in [0, 0.1) is 0 Å². The van der Waals surface area contributed by atoms with Crippen LogP contribution < -0.4 is 0 Å². The van der Waals surface area contributed by atoms with Gasteiger partial charge < -0.3 is 9.26 Å². The third-order valence-corrected chi connectivity index (χ3v) is 3.64. The van der Waals surface area contributed by atoms with Crippen LogP contribution in [0.5, 0.6) is 0 Å². The summed E-state index contributed by atoms with van der Waals surface area (Å²) in [4.78, 5) is 14.4. The first-order chi connectivity index (χ1) is 9.69. The summed E-state index contributed by atoms with van der Waals surface area (Å²) in [7, 11) is 1.94. The SMILES string of the molecule is CCOC(=O)CCN(C)Cc1cc(-c2cccs2)on1. The predicted molar refractivity (Wildman–Crippen MR) is 77.4 cm³/mol. The smallest absolute Gasteiger partial charge is 0.307 e. The van der Waals surface area contributed by atoms with E-state index in [0.717, 1.165) is 16.3 Å². The maximum atomic E-state index is 11.3. The minimum absolute atomic E-state index is 0.168. The number of hydrogen-bond acceptors (Lipinski definition) is 6. The summed E-state index contributed by atoms with van der Waals surface area (Å²) >= 11 is 1.62. The Kier molecular flexibility index (Phi) is 5.31. The first-order valence-corrected chi connectivity index (χ1v) is 7.40. The van der Waals surface area contributed by atoms with Crippen LogP contribution in [0.1, 0.15) is 19.0 Å². The van der Waals surface area contributed by atoms with Gasteiger partial charge in [0.25, 0.3) is 0 Å². The highest BCUT2D eigenvalue weighted by molar-refractivity contribution is 7.13. The van der Waals surface area contributed by atoms with Gasteiger partial charge in [-0.3, -0.25) is 9.69 Å². The second kappa shape index (κ2) is 7.21. The van der Waals surface area contributed by atoms with Crippen LogP contribution in [0.15, 0.2) is 28.1 Å². The molecule has 0 bridgehead atoms. The van der Waals surface area contributed by atoms with E-state index in [1.807, 2.05) is 42.5 Å². The van der Waals surface area contributed by atoms with E-state index < -0.39 is 0 Å². The van der Waals surface area contributed by atoms with Gasteiger partial charge in [0.2, 0.25) is 0 Å². The molecule has 5 nitrogen and oxygen atoms in total. The first kappa shape index (κ1) is 14.7. The van der Waals surface area contributed by atoms with E-state index in [0.29, 0.717) is 26.1 Å². The first-order valence-electron chi connectivity index (χ1n) is 6.52. The molecule has 0 aromatic carbocycles. The van der Waals surface area contributed by atoms with Crippen molar-refractivity contribution in [3.8, 4) is 10.6 Å². The fourth-order valence-corrected chi connectivity index (χ4v) is 2.47. The molecule has 0 saturated carbocycles. The Balaban J connectivity index is 1.83. The highest BCUT2D eigenvalue weighted by Crippen LogP contribution is 2.25. The lowest BCUT2D eigenvalue weighted by Gasteiger charge is -2.13. The number of nitrogens with zero attached hydrogens (tertiary/aromatic N) is 2. The average molecular weight is 294 g/mol. The zero-order valence-corrected chi connectivity index (χ0v) is 12.5. The summed E-state index contributed by atoms with van der Waals surface area (Å²) in [6, 6.07) is 5.92. The van der Waals surface area contributed by atoms with Gasteiger partial charge in [0.15, 0.2) is 5.76 Å². The van der Waals surface area contributed by atoms with Gasteiger partial charge in [-0.25, -0.2) is 0 Å². The summed E-state index contributed by atoms with van der Waals surface area (Å²) < 4.78 is 10.2. The van der Waals surface area contributed by atoms with Crippen LogP contribution in [0.25, 0.3) is 10.6 Å². The number of carbonyl (C=O) groups is 1. The molecule has 0 N–H and O–H groups in total. The molecule has 0 radical (unpaired) electrons. The highest BCUT2D eigenvalue weighted by Gasteiger charge is 2.10. The Morgan fingerprint density at radius 3 is 3.10 bits per heavy atom. The second-order valence-electron chi connectivity index (χ2n) is 4.45. The van der Waals surface area contributed by atoms with Crippen molar-refractivity contribution in [3.63, 3.8) is 0 Å². The molecular formula is C14H18N2O3S. The fourth-order valence-electron chi connectivity index (χ4n) is 1.79. The van der Waals surface area contributed by atoms with Gasteiger partial charge in [0.1, 0.15) is 0 Å². The van der Waals surface area contributed by atoms with Crippen LogP contribution in [-0.4, -0.2) is 36.2 Å². The van der Waals surface area contributed by atoms with Crippen molar-refractivity contribution in [2.45, 2.75) is 19.9 Å². The van der Waals surface area contributed by atoms with Crippen molar-refractivity contribution in [3.05, 3.63) is 29.3 Å². The number of ether oxygens (including phenoxy) is 1. The van der Waals surface area contributed by atoms with Crippen LogP contribution in [-0.2, 0) is 16.1 Å². The van der Waals surface area contributed by atoms with Crippen molar-refractivity contribution in [2.24, 2.45) is 0 Å². The molecule has 0 amide bonds. The monoisotopic (exact) mass is 294 g/mol. The van der Waals surface area contributed by atoms with E-state index in [1.54, 1.807) is 11.3 Å². The number of rotatable bonds is 7. The molecule has 20 heavy (non-hydrogen) atoms. The quantitative estimate of drug-likeness (QED) is 0.735. The minimum atomic E-state index is -0.168. The molecule has 2 heterocycles. The summed E-state index contributed by atoms with van der Waals surface area (Å²) in [6.45, 7) is 3.52. The fraction of sp³-hybridized carbons (Fsp3) is 0.429. The van der Waals surface area contributed by atoms with Gasteiger partial charge >= 0.3 is 5.97 Å². The van der Waals surface area contributed by atoms with E-state index >= 15 is 0 Å². The molecule has 2 rings (SSSR count). The lowest BCUT2D eigenvalue weighted by atomic mass is 10.3. The van der Waals surface area contributed by atoms with Crippen molar-refractivity contribution < 1.29 is 14.1 Å². The Hall–Kier alpha value is -1.66. The third kappa shape index (κ3) is 4.18. The van der Waals surface area contributed by atoms with Gasteiger partial charge in [-0.2, -0.15) is 0 Å². The molecule has 0 aliphatic carbocycles. The summed E-state index contributed by atoms with van der Waals surface area (Å²) in [6.07, 6.45) is 0.389. The molecule has 0 spiro atoms. The minimum Gasteiger partial charge on any atom is -0.466 e. The molecular weight excluding hydrogens is 276 g/mol. The van der Waals surface area contributed by atoms with Crippen LogP contribution in [0.2, 0.25) is 0 Å². The van der Waals surface area contributed by atoms with E-state index in [-0.39, 0.29) is 5.97 Å². The van der Waals surface area contributed by atoms with Crippen LogP contribution in [0.4, 0.5) is 0 Å². The molecule has 108 valence electrons. The zero-order chi connectivity index (χ0) is 14.4. The van der Waals surface area contributed by atoms with Crippen molar-refractivity contribution >= 4 is 17.3 Å². The van der Waals surface area contributed by atoms with Gasteiger partial charge in [-0.05, 0) is 25.4 Å². The highest BCUT2D eigenvalue weighted by atomic mass is 32.1. The Morgan fingerprint density at radius 2 is 2.40 bits per heavy atom. The maximum Gasteiger partial charge on any atom is 0.307 e. The molecule has 0 unspecified atom stereocenters. The molecule has 0 aliphatic rings. The molecule has 0 saturated heterocycles. The largest absolute Gasteiger partial charge is 0.466 e. The van der Waals surface area contributed by atoms with Gasteiger partial charge in [-0.1, -0.05) is 11.2 Å². The Bertz CT molecular complexity index is 536. The molecule has 2 aromatic rings. The van der Waals surface area contributed by atoms with Crippen molar-refractivity contribution in [2.75, 3.05) is 20.2 Å². The topological polar surface area (TPSA) is 55.6 Å². The van der Waals surface area contributed by atoms with Crippen LogP contribution in [0.3, 0.4) is 0 Å². The van der Waals surface area contributed by atoms with E-state index in [2.05, 4.69) is 5.16 Å². The second-order valence-corrected chi connectivity index (χ2v) is 5.40. The standard InChI is InChI=1S/C14H18N2O3S/c1-3-18-14(17)6-7-16(2)10-11-9-12(19-15-11)13-5-4-8-20-13/h4-5,8-9H,3,6-7,10H2,1-2H3. The number of esters is 1. The van der Waals surface area contributed by atoms with Crippen molar-refractivity contribution in [1.29, 1.82) is 0 Å². The lowest BCUT2D eigenvalue weighted by molar-refractivity contribution is -0.143. The predicted octanol–water partition coefficient (Wildman–Crippen LogP) is 2.79. The molecule has 0 aliphatic heterocycles.